The number of nitrogens with one attached hydrogen (secondary N) is 2. The summed E-state index contributed by atoms with van der Waals surface area (Å²) < 4.78 is 33.7. The highest BCUT2D eigenvalue weighted by Crippen LogP contribution is 2.29. The van der Waals surface area contributed by atoms with Crippen LogP contribution in [-0.4, -0.2) is 21.4 Å². The average Bonchev–Trinajstić information content (AvgIpc) is 2.61. The maximum absolute atomic E-state index is 12.9. The molecule has 0 fully saturated rings. The van der Waals surface area contributed by atoms with Gasteiger partial charge in [0.05, 0.1) is 17.7 Å². The summed E-state index contributed by atoms with van der Waals surface area (Å²) in [5.74, 6) is 0.0891. The Morgan fingerprint density at radius 3 is 2.42 bits per heavy atom. The Kier molecular flexibility index (Phi) is 6.76. The number of ether oxygens (including phenoxy) is 1. The van der Waals surface area contributed by atoms with Gasteiger partial charge in [-0.3, -0.25) is 4.79 Å². The van der Waals surface area contributed by atoms with Crippen molar-refractivity contribution in [3.8, 4) is 5.75 Å². The lowest BCUT2D eigenvalue weighted by atomic mass is 10.0. The van der Waals surface area contributed by atoms with Crippen molar-refractivity contribution < 1.29 is 17.9 Å². The van der Waals surface area contributed by atoms with Crippen LogP contribution in [0.25, 0.3) is 0 Å². The van der Waals surface area contributed by atoms with Gasteiger partial charge >= 0.3 is 0 Å². The number of methoxy groups -OCH3 is 1. The van der Waals surface area contributed by atoms with Crippen LogP contribution in [-0.2, 0) is 14.8 Å². The summed E-state index contributed by atoms with van der Waals surface area (Å²) in [4.78, 5) is 11.4. The molecule has 140 valence electrons. The summed E-state index contributed by atoms with van der Waals surface area (Å²) in [7, 11) is -2.31. The van der Waals surface area contributed by atoms with Crippen LogP contribution >= 0.6 is 0 Å². The Bertz CT molecular complexity index is 851. The molecule has 0 unspecified atom stereocenters. The fraction of sp³-hybridized carbons (Fsp3) is 0.316. The Morgan fingerprint density at radius 1 is 1.15 bits per heavy atom. The first-order valence-electron chi connectivity index (χ1n) is 8.40. The fourth-order valence-electron chi connectivity index (χ4n) is 2.66. The lowest BCUT2D eigenvalue weighted by molar-refractivity contribution is -0.114. The summed E-state index contributed by atoms with van der Waals surface area (Å²) in [6.45, 7) is 3.36. The molecule has 1 amide bonds. The van der Waals surface area contributed by atoms with E-state index in [1.54, 1.807) is 0 Å². The number of carbonyl (C=O) groups is 1. The summed E-state index contributed by atoms with van der Waals surface area (Å²) in [6, 6.07) is 13.5. The van der Waals surface area contributed by atoms with Crippen LogP contribution in [0.5, 0.6) is 5.75 Å². The molecule has 0 spiro atoms. The predicted molar refractivity (Wildman–Crippen MR) is 102 cm³/mol. The minimum Gasteiger partial charge on any atom is -0.495 e. The third-order valence-corrected chi connectivity index (χ3v) is 5.34. The van der Waals surface area contributed by atoms with Crippen LogP contribution in [0.2, 0.25) is 0 Å². The molecule has 26 heavy (non-hydrogen) atoms. The zero-order valence-corrected chi connectivity index (χ0v) is 16.0. The van der Waals surface area contributed by atoms with Gasteiger partial charge in [0.25, 0.3) is 0 Å². The third-order valence-electron chi connectivity index (χ3n) is 3.87. The standard InChI is InChI=1S/C19H24N2O4S/c1-4-8-17(15-9-6-5-7-10-15)21-26(23,24)16-11-12-19(25-3)18(13-16)20-14(2)22/h5-7,9-13,17,21H,4,8H2,1-3H3,(H,20,22)/t17-/m0/s1. The molecular weight excluding hydrogens is 352 g/mol. The number of hydrogen-bond donors (Lipinski definition) is 2. The van der Waals surface area contributed by atoms with Crippen molar-refractivity contribution in [2.45, 2.75) is 37.6 Å². The van der Waals surface area contributed by atoms with Gasteiger partial charge < -0.3 is 10.1 Å². The first-order valence-corrected chi connectivity index (χ1v) is 9.88. The van der Waals surface area contributed by atoms with Crippen molar-refractivity contribution in [3.05, 3.63) is 54.1 Å². The molecule has 2 aromatic rings. The highest BCUT2D eigenvalue weighted by atomic mass is 32.2. The molecule has 0 aliphatic heterocycles. The molecule has 0 radical (unpaired) electrons. The van der Waals surface area contributed by atoms with Gasteiger partial charge in [0.15, 0.2) is 0 Å². The third kappa shape index (κ3) is 5.06. The molecule has 7 heteroatoms. The van der Waals surface area contributed by atoms with E-state index in [9.17, 15) is 13.2 Å². The van der Waals surface area contributed by atoms with Crippen molar-refractivity contribution in [1.82, 2.24) is 4.72 Å². The Labute approximate surface area is 154 Å². The molecule has 6 nitrogen and oxygen atoms in total. The SMILES string of the molecule is CCC[C@H](NS(=O)(=O)c1ccc(OC)c(NC(C)=O)c1)c1ccccc1. The van der Waals surface area contributed by atoms with E-state index in [2.05, 4.69) is 10.0 Å². The topological polar surface area (TPSA) is 84.5 Å². The van der Waals surface area contributed by atoms with Crippen LogP contribution in [0.1, 0.15) is 38.3 Å². The van der Waals surface area contributed by atoms with E-state index < -0.39 is 10.0 Å². The van der Waals surface area contributed by atoms with Crippen molar-refractivity contribution >= 4 is 21.6 Å². The number of sulfonamides is 1. The lowest BCUT2D eigenvalue weighted by Gasteiger charge is -2.19. The number of benzene rings is 2. The van der Waals surface area contributed by atoms with Crippen molar-refractivity contribution in [3.63, 3.8) is 0 Å². The number of anilines is 1. The number of rotatable bonds is 8. The van der Waals surface area contributed by atoms with Gasteiger partial charge in [-0.2, -0.15) is 0 Å². The van der Waals surface area contributed by atoms with Crippen molar-refractivity contribution in [2.75, 3.05) is 12.4 Å². The molecule has 0 aromatic heterocycles. The van der Waals surface area contributed by atoms with E-state index in [4.69, 9.17) is 4.74 Å². The normalized spacial score (nSPS) is 12.4. The highest BCUT2D eigenvalue weighted by Gasteiger charge is 2.22. The molecule has 1 atom stereocenters. The second-order valence-electron chi connectivity index (χ2n) is 5.92. The quantitative estimate of drug-likeness (QED) is 0.739. The Morgan fingerprint density at radius 2 is 1.85 bits per heavy atom. The second-order valence-corrected chi connectivity index (χ2v) is 7.63. The van der Waals surface area contributed by atoms with Gasteiger partial charge in [0.1, 0.15) is 5.75 Å². The van der Waals surface area contributed by atoms with Gasteiger partial charge in [0, 0.05) is 13.0 Å². The number of hydrogen-bond acceptors (Lipinski definition) is 4. The van der Waals surface area contributed by atoms with Crippen LogP contribution < -0.4 is 14.8 Å². The minimum absolute atomic E-state index is 0.0686. The van der Waals surface area contributed by atoms with Crippen molar-refractivity contribution in [2.24, 2.45) is 0 Å². The zero-order valence-electron chi connectivity index (χ0n) is 15.2. The lowest BCUT2D eigenvalue weighted by Crippen LogP contribution is -2.28. The monoisotopic (exact) mass is 376 g/mol. The largest absolute Gasteiger partial charge is 0.495 e. The number of amides is 1. The average molecular weight is 376 g/mol. The van der Waals surface area contributed by atoms with Crippen LogP contribution in [0.4, 0.5) is 5.69 Å². The maximum atomic E-state index is 12.9. The van der Waals surface area contributed by atoms with Gasteiger partial charge in [-0.05, 0) is 30.2 Å². The van der Waals surface area contributed by atoms with Crippen LogP contribution in [0, 0.1) is 0 Å². The molecule has 2 aromatic carbocycles. The molecule has 0 aliphatic carbocycles. The van der Waals surface area contributed by atoms with E-state index in [-0.39, 0.29) is 16.8 Å². The van der Waals surface area contributed by atoms with Gasteiger partial charge in [-0.1, -0.05) is 43.7 Å². The predicted octanol–water partition coefficient (Wildman–Crippen LogP) is 3.47. The maximum Gasteiger partial charge on any atom is 0.241 e. The number of carbonyl (C=O) groups excluding carboxylic acids is 1. The van der Waals surface area contributed by atoms with Gasteiger partial charge in [0.2, 0.25) is 15.9 Å². The first-order chi connectivity index (χ1) is 12.4. The van der Waals surface area contributed by atoms with E-state index in [1.807, 2.05) is 37.3 Å². The molecule has 0 aliphatic rings. The Balaban J connectivity index is 2.35. The molecule has 0 bridgehead atoms. The van der Waals surface area contributed by atoms with E-state index in [0.29, 0.717) is 17.9 Å². The molecule has 2 rings (SSSR count). The van der Waals surface area contributed by atoms with E-state index >= 15 is 0 Å². The zero-order chi connectivity index (χ0) is 19.2. The van der Waals surface area contributed by atoms with E-state index in [0.717, 1.165) is 12.0 Å². The van der Waals surface area contributed by atoms with E-state index in [1.165, 1.54) is 32.2 Å². The Hall–Kier alpha value is -2.38. The van der Waals surface area contributed by atoms with Crippen LogP contribution in [0.3, 0.4) is 0 Å². The minimum atomic E-state index is -3.77. The summed E-state index contributed by atoms with van der Waals surface area (Å²) in [5.41, 5.74) is 1.23. The summed E-state index contributed by atoms with van der Waals surface area (Å²) in [5, 5.41) is 2.59. The van der Waals surface area contributed by atoms with Gasteiger partial charge in [-0.25, -0.2) is 13.1 Å². The molecule has 0 heterocycles. The summed E-state index contributed by atoms with van der Waals surface area (Å²) in [6.07, 6.45) is 1.51. The summed E-state index contributed by atoms with van der Waals surface area (Å²) >= 11 is 0. The van der Waals surface area contributed by atoms with Crippen molar-refractivity contribution in [1.29, 1.82) is 0 Å². The highest BCUT2D eigenvalue weighted by molar-refractivity contribution is 7.89. The first kappa shape index (κ1) is 19.9. The molecule has 2 N–H and O–H groups in total. The fourth-order valence-corrected chi connectivity index (χ4v) is 3.95. The van der Waals surface area contributed by atoms with Crippen LogP contribution in [0.15, 0.2) is 53.4 Å². The molecule has 0 saturated heterocycles. The molecule has 0 saturated carbocycles. The smallest absolute Gasteiger partial charge is 0.241 e. The second kappa shape index (κ2) is 8.82. The van der Waals surface area contributed by atoms with Gasteiger partial charge in [-0.15, -0.1) is 0 Å². The molecular formula is C19H24N2O4S.